The maximum absolute atomic E-state index is 11.3. The van der Waals surface area contributed by atoms with E-state index in [1.54, 1.807) is 6.92 Å². The minimum atomic E-state index is -3.78. The monoisotopic (exact) mass is 353 g/mol. The molecule has 1 N–H and O–H groups in total. The highest BCUT2D eigenvalue weighted by atomic mass is 33.1. The summed E-state index contributed by atoms with van der Waals surface area (Å²) in [5.74, 6) is 1.21. The molecular weight excluding hydrogens is 332 g/mol. The number of hydrogen-bond donors (Lipinski definition) is 1. The first-order valence-electron chi connectivity index (χ1n) is 6.00. The van der Waals surface area contributed by atoms with Crippen LogP contribution in [-0.2, 0) is 24.4 Å². The molecule has 0 aromatic carbocycles. The van der Waals surface area contributed by atoms with Gasteiger partial charge in [0.15, 0.2) is 0 Å². The van der Waals surface area contributed by atoms with E-state index >= 15 is 0 Å². The molecule has 10 heteroatoms. The molecule has 19 heavy (non-hydrogen) atoms. The van der Waals surface area contributed by atoms with E-state index in [1.807, 2.05) is 0 Å². The lowest BCUT2D eigenvalue weighted by Gasteiger charge is -2.10. The summed E-state index contributed by atoms with van der Waals surface area (Å²) >= 11 is 0. The van der Waals surface area contributed by atoms with Crippen LogP contribution in [-0.4, -0.2) is 50.5 Å². The van der Waals surface area contributed by atoms with Gasteiger partial charge in [-0.3, -0.25) is 8.74 Å². The Bertz CT molecular complexity index is 419. The van der Waals surface area contributed by atoms with Crippen molar-refractivity contribution in [1.82, 2.24) is 0 Å². The second-order valence-electron chi connectivity index (χ2n) is 3.99. The summed E-state index contributed by atoms with van der Waals surface area (Å²) in [5, 5.41) is -1.28. The predicted octanol–water partition coefficient (Wildman–Crippen LogP) is 1.79. The van der Waals surface area contributed by atoms with E-state index in [1.165, 1.54) is 28.5 Å². The lowest BCUT2D eigenvalue weighted by atomic mass is 10.4. The Labute approximate surface area is 124 Å². The average molecular weight is 354 g/mol. The first-order chi connectivity index (χ1) is 9.17. The molecule has 2 unspecified atom stereocenters. The molecule has 0 radical (unpaired) electrons. The first kappa shape index (κ1) is 17.6. The molecule has 0 amide bonds. The van der Waals surface area contributed by atoms with Crippen LogP contribution in [0.5, 0.6) is 0 Å². The maximum Gasteiger partial charge on any atom is 0.269 e. The van der Waals surface area contributed by atoms with Crippen LogP contribution < -0.4 is 0 Å². The maximum atomic E-state index is 11.3. The van der Waals surface area contributed by atoms with Gasteiger partial charge in [-0.25, -0.2) is 0 Å². The normalized spacial score (nSPS) is 16.9. The fourth-order valence-corrected chi connectivity index (χ4v) is 4.86. The van der Waals surface area contributed by atoms with Gasteiger partial charge in [0.25, 0.3) is 20.2 Å². The average Bonchev–Trinajstić information content (AvgIpc) is 2.41. The van der Waals surface area contributed by atoms with Gasteiger partial charge in [-0.15, -0.1) is 0 Å². The Morgan fingerprint density at radius 3 is 2.00 bits per heavy atom. The third kappa shape index (κ3) is 8.41. The molecule has 0 aliphatic heterocycles. The van der Waals surface area contributed by atoms with Gasteiger partial charge in [-0.05, 0) is 26.7 Å². The van der Waals surface area contributed by atoms with Crippen LogP contribution in [0.4, 0.5) is 0 Å². The molecule has 6 nitrogen and oxygen atoms in total. The van der Waals surface area contributed by atoms with Crippen molar-refractivity contribution in [2.75, 3.05) is 18.6 Å². The highest BCUT2D eigenvalue weighted by Gasteiger charge is 2.20. The summed E-state index contributed by atoms with van der Waals surface area (Å²) in [6.07, 6.45) is 0.850. The zero-order valence-electron chi connectivity index (χ0n) is 12.1. The minimum Gasteiger partial charge on any atom is -0.285 e. The van der Waals surface area contributed by atoms with Crippen LogP contribution in [0, 0.1) is 0 Å². The van der Waals surface area contributed by atoms with E-state index < -0.39 is 30.7 Å². The molecule has 0 aromatic rings. The van der Waals surface area contributed by atoms with Crippen LogP contribution in [0.15, 0.2) is 0 Å². The molecule has 0 aliphatic carbocycles. The highest BCUT2D eigenvalue weighted by Crippen LogP contribution is 2.25. The Balaban J connectivity index is 3.80. The standard InChI is InChI=1S/C9H20O6S4/c1-8(18(10,11)12)4-6-16-17-7-5-9(2)19(13,14)15-3/h8-9H,4-7H2,1-3H3,(H,10,11,12)/i/hD. The van der Waals surface area contributed by atoms with Crippen molar-refractivity contribution in [2.45, 2.75) is 37.2 Å². The number of hydrogen-bond acceptors (Lipinski definition) is 8. The van der Waals surface area contributed by atoms with Crippen molar-refractivity contribution in [3.63, 3.8) is 0 Å². The van der Waals surface area contributed by atoms with E-state index in [4.69, 9.17) is 1.43 Å². The predicted molar refractivity (Wildman–Crippen MR) is 80.6 cm³/mol. The first-order valence-corrected chi connectivity index (χ1v) is 11.0. The Morgan fingerprint density at radius 2 is 1.58 bits per heavy atom. The third-order valence-corrected chi connectivity index (χ3v) is 7.90. The van der Waals surface area contributed by atoms with Crippen molar-refractivity contribution in [3.05, 3.63) is 0 Å². The van der Waals surface area contributed by atoms with E-state index in [0.717, 1.165) is 7.11 Å². The summed E-state index contributed by atoms with van der Waals surface area (Å²) in [4.78, 5) is 0. The second kappa shape index (κ2) is 8.73. The molecule has 0 saturated heterocycles. The molecule has 0 spiro atoms. The van der Waals surface area contributed by atoms with Crippen LogP contribution in [0.3, 0.4) is 0 Å². The summed E-state index contributed by atoms with van der Waals surface area (Å²) in [5.41, 5.74) is 0. The van der Waals surface area contributed by atoms with E-state index in [2.05, 4.69) is 8.74 Å². The van der Waals surface area contributed by atoms with Gasteiger partial charge in [0.05, 0.1) is 17.6 Å². The van der Waals surface area contributed by atoms with Crippen LogP contribution in [0.25, 0.3) is 1.43 Å². The summed E-state index contributed by atoms with van der Waals surface area (Å²) in [6.45, 7) is 3.08. The lowest BCUT2D eigenvalue weighted by molar-refractivity contribution is 0.388. The van der Waals surface area contributed by atoms with Crippen molar-refractivity contribution >= 4 is 41.8 Å². The SMILES string of the molecule is [2H]OS(=O)(=O)C(C)CCSSCCC(C)S(=O)(=O)OC. The quantitative estimate of drug-likeness (QED) is 0.260. The molecule has 0 bridgehead atoms. The van der Waals surface area contributed by atoms with Gasteiger partial charge in [0.1, 0.15) is 0 Å². The van der Waals surface area contributed by atoms with Crippen LogP contribution in [0.1, 0.15) is 26.7 Å². The Morgan fingerprint density at radius 1 is 1.11 bits per heavy atom. The zero-order chi connectivity index (χ0) is 15.8. The molecular formula is C9H20O6S4. The Kier molecular flexibility index (Phi) is 8.07. The molecule has 0 heterocycles. The van der Waals surface area contributed by atoms with Gasteiger partial charge in [0.2, 0.25) is 1.43 Å². The Hall–Kier alpha value is 0.520. The molecule has 0 saturated carbocycles. The van der Waals surface area contributed by atoms with E-state index in [-0.39, 0.29) is 0 Å². The van der Waals surface area contributed by atoms with Crippen LogP contribution in [0.2, 0.25) is 0 Å². The van der Waals surface area contributed by atoms with Crippen molar-refractivity contribution in [3.8, 4) is 0 Å². The largest absolute Gasteiger partial charge is 0.285 e. The second-order valence-corrected chi connectivity index (χ2v) is 10.6. The lowest BCUT2D eigenvalue weighted by Crippen LogP contribution is -2.19. The van der Waals surface area contributed by atoms with E-state index in [0.29, 0.717) is 24.3 Å². The van der Waals surface area contributed by atoms with Crippen molar-refractivity contribution in [2.24, 2.45) is 0 Å². The fourth-order valence-electron chi connectivity index (χ4n) is 0.999. The fraction of sp³-hybridized carbons (Fsp3) is 1.00. The molecule has 116 valence electrons. The molecule has 0 aliphatic rings. The van der Waals surface area contributed by atoms with Gasteiger partial charge in [0, 0.05) is 11.5 Å². The summed E-state index contributed by atoms with van der Waals surface area (Å²) in [6, 6.07) is 0. The van der Waals surface area contributed by atoms with E-state index in [9.17, 15) is 16.8 Å². The van der Waals surface area contributed by atoms with Gasteiger partial charge >= 0.3 is 0 Å². The summed E-state index contributed by atoms with van der Waals surface area (Å²) in [7, 11) is -3.15. The third-order valence-electron chi connectivity index (χ3n) is 2.52. The molecule has 0 aromatic heterocycles. The zero-order valence-corrected chi connectivity index (χ0v) is 14.3. The van der Waals surface area contributed by atoms with Gasteiger partial charge < -0.3 is 0 Å². The van der Waals surface area contributed by atoms with Crippen molar-refractivity contribution < 1.29 is 25.6 Å². The van der Waals surface area contributed by atoms with Crippen LogP contribution >= 0.6 is 21.6 Å². The molecule has 0 fully saturated rings. The van der Waals surface area contributed by atoms with Gasteiger partial charge in [-0.1, -0.05) is 21.6 Å². The minimum absolute atomic E-state index is 0.380. The smallest absolute Gasteiger partial charge is 0.269 e. The number of rotatable bonds is 11. The highest BCUT2D eigenvalue weighted by molar-refractivity contribution is 8.76. The molecule has 2 atom stereocenters. The van der Waals surface area contributed by atoms with Gasteiger partial charge in [-0.2, -0.15) is 16.8 Å². The van der Waals surface area contributed by atoms with Crippen molar-refractivity contribution in [1.29, 1.82) is 1.43 Å². The summed E-state index contributed by atoms with van der Waals surface area (Å²) < 4.78 is 59.5. The molecule has 0 rings (SSSR count). The topological polar surface area (TPSA) is 97.7 Å².